The highest BCUT2D eigenvalue weighted by Gasteiger charge is 2.24. The normalized spacial score (nSPS) is 34.1. The molecule has 0 spiro atoms. The minimum absolute atomic E-state index is 0.269. The molecule has 1 saturated heterocycles. The fourth-order valence-corrected chi connectivity index (χ4v) is 1.79. The van der Waals surface area contributed by atoms with Crippen LogP contribution in [0.5, 0.6) is 0 Å². The van der Waals surface area contributed by atoms with Gasteiger partial charge >= 0.3 is 0 Å². The summed E-state index contributed by atoms with van der Waals surface area (Å²) < 4.78 is 0. The van der Waals surface area contributed by atoms with E-state index in [1.165, 1.54) is 0 Å². The lowest BCUT2D eigenvalue weighted by atomic mass is 10.1. The van der Waals surface area contributed by atoms with Crippen LogP contribution in [-0.2, 0) is 0 Å². The maximum Gasteiger partial charge on any atom is 0.0599 e. The minimum atomic E-state index is 0.269. The van der Waals surface area contributed by atoms with Crippen LogP contribution in [0.2, 0.25) is 0 Å². The SMILES string of the molecule is CCN1C(C)CNCC1CO. The fraction of sp³-hybridized carbons (Fsp3) is 1.00. The van der Waals surface area contributed by atoms with E-state index in [0.29, 0.717) is 12.1 Å². The third-order valence-corrected chi connectivity index (χ3v) is 2.43. The molecule has 11 heavy (non-hydrogen) atoms. The van der Waals surface area contributed by atoms with Crippen LogP contribution in [0.4, 0.5) is 0 Å². The number of likely N-dealkylation sites (N-methyl/N-ethyl adjacent to an activating group) is 1. The summed E-state index contributed by atoms with van der Waals surface area (Å²) in [5, 5.41) is 12.3. The van der Waals surface area contributed by atoms with Crippen molar-refractivity contribution in [3.8, 4) is 0 Å². The number of hydrogen-bond donors (Lipinski definition) is 2. The largest absolute Gasteiger partial charge is 0.395 e. The van der Waals surface area contributed by atoms with Gasteiger partial charge in [-0.2, -0.15) is 0 Å². The zero-order valence-corrected chi connectivity index (χ0v) is 7.38. The molecule has 1 rings (SSSR count). The van der Waals surface area contributed by atoms with Crippen LogP contribution in [-0.4, -0.2) is 48.3 Å². The van der Waals surface area contributed by atoms with Crippen LogP contribution in [0.1, 0.15) is 13.8 Å². The van der Waals surface area contributed by atoms with Crippen molar-refractivity contribution in [2.24, 2.45) is 0 Å². The fourth-order valence-electron chi connectivity index (χ4n) is 1.79. The number of aliphatic hydroxyl groups excluding tert-OH is 1. The molecule has 66 valence electrons. The molecule has 2 N–H and O–H groups in total. The van der Waals surface area contributed by atoms with E-state index in [2.05, 4.69) is 24.1 Å². The highest BCUT2D eigenvalue weighted by Crippen LogP contribution is 2.08. The second kappa shape index (κ2) is 4.04. The Hall–Kier alpha value is -0.120. The second-order valence-electron chi connectivity index (χ2n) is 3.17. The molecule has 1 aliphatic rings. The maximum atomic E-state index is 9.03. The molecular formula is C8H18N2O. The van der Waals surface area contributed by atoms with E-state index in [4.69, 9.17) is 5.11 Å². The molecular weight excluding hydrogens is 140 g/mol. The quantitative estimate of drug-likeness (QED) is 0.577. The zero-order chi connectivity index (χ0) is 8.27. The summed E-state index contributed by atoms with van der Waals surface area (Å²) >= 11 is 0. The van der Waals surface area contributed by atoms with E-state index < -0.39 is 0 Å². The summed E-state index contributed by atoms with van der Waals surface area (Å²) in [6.07, 6.45) is 0. The topological polar surface area (TPSA) is 35.5 Å². The molecule has 0 bridgehead atoms. The highest BCUT2D eigenvalue weighted by atomic mass is 16.3. The van der Waals surface area contributed by atoms with Crippen LogP contribution in [0.15, 0.2) is 0 Å². The Balaban J connectivity index is 2.48. The van der Waals surface area contributed by atoms with Crippen molar-refractivity contribution in [3.63, 3.8) is 0 Å². The number of piperazine rings is 1. The van der Waals surface area contributed by atoms with Gasteiger partial charge in [0.25, 0.3) is 0 Å². The van der Waals surface area contributed by atoms with Crippen molar-refractivity contribution in [1.29, 1.82) is 0 Å². The van der Waals surface area contributed by atoms with Gasteiger partial charge in [0.2, 0.25) is 0 Å². The van der Waals surface area contributed by atoms with Gasteiger partial charge in [0, 0.05) is 25.2 Å². The predicted molar refractivity (Wildman–Crippen MR) is 45.6 cm³/mol. The molecule has 3 heteroatoms. The van der Waals surface area contributed by atoms with Crippen molar-refractivity contribution in [2.75, 3.05) is 26.2 Å². The predicted octanol–water partition coefficient (Wildman–Crippen LogP) is -0.339. The lowest BCUT2D eigenvalue weighted by molar-refractivity contribution is 0.0682. The van der Waals surface area contributed by atoms with Gasteiger partial charge in [0.1, 0.15) is 0 Å². The number of nitrogens with one attached hydrogen (secondary N) is 1. The Labute approximate surface area is 68.4 Å². The number of hydrogen-bond acceptors (Lipinski definition) is 3. The summed E-state index contributed by atoms with van der Waals surface area (Å²) in [4.78, 5) is 2.34. The molecule has 0 aromatic heterocycles. The van der Waals surface area contributed by atoms with Crippen molar-refractivity contribution < 1.29 is 5.11 Å². The number of rotatable bonds is 2. The van der Waals surface area contributed by atoms with Crippen LogP contribution >= 0.6 is 0 Å². The lowest BCUT2D eigenvalue weighted by Crippen LogP contribution is -2.57. The average Bonchev–Trinajstić information content (AvgIpc) is 2.04. The Kier molecular flexibility index (Phi) is 3.30. The summed E-state index contributed by atoms with van der Waals surface area (Å²) in [5.41, 5.74) is 0. The first-order valence-electron chi connectivity index (χ1n) is 4.37. The third kappa shape index (κ3) is 1.92. The van der Waals surface area contributed by atoms with Crippen molar-refractivity contribution in [1.82, 2.24) is 10.2 Å². The molecule has 3 nitrogen and oxygen atoms in total. The Morgan fingerprint density at radius 1 is 1.55 bits per heavy atom. The standard InChI is InChI=1S/C8H18N2O/c1-3-10-7(2)4-9-5-8(10)6-11/h7-9,11H,3-6H2,1-2H3. The van der Waals surface area contributed by atoms with E-state index in [1.807, 2.05) is 0 Å². The van der Waals surface area contributed by atoms with Gasteiger partial charge in [-0.3, -0.25) is 4.90 Å². The van der Waals surface area contributed by atoms with E-state index in [9.17, 15) is 0 Å². The lowest BCUT2D eigenvalue weighted by Gasteiger charge is -2.39. The molecule has 0 aliphatic carbocycles. The first kappa shape index (κ1) is 8.97. The molecule has 1 aliphatic heterocycles. The molecule has 0 saturated carbocycles. The molecule has 0 aromatic rings. The van der Waals surface area contributed by atoms with Gasteiger partial charge in [-0.25, -0.2) is 0 Å². The van der Waals surface area contributed by atoms with E-state index in [1.54, 1.807) is 0 Å². The molecule has 0 aromatic carbocycles. The molecule has 1 fully saturated rings. The molecule has 0 amide bonds. The van der Waals surface area contributed by atoms with Crippen LogP contribution < -0.4 is 5.32 Å². The minimum Gasteiger partial charge on any atom is -0.395 e. The summed E-state index contributed by atoms with van der Waals surface area (Å²) in [7, 11) is 0. The van der Waals surface area contributed by atoms with Gasteiger partial charge in [0.15, 0.2) is 0 Å². The van der Waals surface area contributed by atoms with Crippen LogP contribution in [0.25, 0.3) is 0 Å². The van der Waals surface area contributed by atoms with Gasteiger partial charge in [0.05, 0.1) is 6.61 Å². The third-order valence-electron chi connectivity index (χ3n) is 2.43. The second-order valence-corrected chi connectivity index (χ2v) is 3.17. The van der Waals surface area contributed by atoms with Gasteiger partial charge in [-0.05, 0) is 13.5 Å². The highest BCUT2D eigenvalue weighted by molar-refractivity contribution is 4.83. The molecule has 0 radical (unpaired) electrons. The first-order chi connectivity index (χ1) is 5.29. The van der Waals surface area contributed by atoms with Crippen LogP contribution in [0, 0.1) is 0 Å². The van der Waals surface area contributed by atoms with Gasteiger partial charge in [-0.1, -0.05) is 6.92 Å². The van der Waals surface area contributed by atoms with E-state index in [0.717, 1.165) is 19.6 Å². The van der Waals surface area contributed by atoms with E-state index >= 15 is 0 Å². The molecule has 2 unspecified atom stereocenters. The summed E-state index contributed by atoms with van der Waals surface area (Å²) in [6.45, 7) is 7.61. The number of nitrogens with zero attached hydrogens (tertiary/aromatic N) is 1. The summed E-state index contributed by atoms with van der Waals surface area (Å²) in [6, 6.07) is 0.884. The Morgan fingerprint density at radius 3 is 2.73 bits per heavy atom. The monoisotopic (exact) mass is 158 g/mol. The average molecular weight is 158 g/mol. The van der Waals surface area contributed by atoms with Crippen molar-refractivity contribution in [2.45, 2.75) is 25.9 Å². The van der Waals surface area contributed by atoms with Crippen LogP contribution in [0.3, 0.4) is 0 Å². The van der Waals surface area contributed by atoms with Gasteiger partial charge in [-0.15, -0.1) is 0 Å². The Morgan fingerprint density at radius 2 is 2.27 bits per heavy atom. The smallest absolute Gasteiger partial charge is 0.0599 e. The van der Waals surface area contributed by atoms with Crippen molar-refractivity contribution >= 4 is 0 Å². The van der Waals surface area contributed by atoms with Crippen molar-refractivity contribution in [3.05, 3.63) is 0 Å². The molecule has 2 atom stereocenters. The zero-order valence-electron chi connectivity index (χ0n) is 7.38. The maximum absolute atomic E-state index is 9.03. The van der Waals surface area contributed by atoms with E-state index in [-0.39, 0.29) is 6.61 Å². The number of aliphatic hydroxyl groups is 1. The molecule has 1 heterocycles. The first-order valence-corrected chi connectivity index (χ1v) is 4.37. The Bertz CT molecular complexity index is 119. The van der Waals surface area contributed by atoms with Gasteiger partial charge < -0.3 is 10.4 Å². The summed E-state index contributed by atoms with van der Waals surface area (Å²) in [5.74, 6) is 0.